The first-order valence-electron chi connectivity index (χ1n) is 2.06. The molecule has 0 radical (unpaired) electrons. The highest BCUT2D eigenvalue weighted by molar-refractivity contribution is 4.53. The summed E-state index contributed by atoms with van der Waals surface area (Å²) in [4.78, 5) is 9.47. The summed E-state index contributed by atoms with van der Waals surface area (Å²) in [5.74, 6) is 0. The summed E-state index contributed by atoms with van der Waals surface area (Å²) in [5, 5.41) is 3.62. The lowest BCUT2D eigenvalue weighted by Crippen LogP contribution is -2.03. The Kier molecular flexibility index (Phi) is 1.27. The van der Waals surface area contributed by atoms with Crippen molar-refractivity contribution in [2.24, 2.45) is 0 Å². The summed E-state index contributed by atoms with van der Waals surface area (Å²) in [6.07, 6.45) is 4.08. The Morgan fingerprint density at radius 2 is 2.62 bits per heavy atom. The molecule has 0 spiro atoms. The van der Waals surface area contributed by atoms with Crippen LogP contribution >= 0.6 is 0 Å². The predicted octanol–water partition coefficient (Wildman–Crippen LogP) is -0.150. The van der Waals surface area contributed by atoms with Crippen molar-refractivity contribution in [3.63, 3.8) is 0 Å². The first-order valence-corrected chi connectivity index (χ1v) is 2.06. The second-order valence-corrected chi connectivity index (χ2v) is 1.07. The zero-order valence-electron chi connectivity index (χ0n) is 4.19. The highest BCUT2D eigenvalue weighted by Gasteiger charge is 1.80. The molecule has 0 aromatic carbocycles. The molecule has 1 aromatic rings. The van der Waals surface area contributed by atoms with E-state index in [1.54, 1.807) is 0 Å². The van der Waals surface area contributed by atoms with Gasteiger partial charge in [0.15, 0.2) is 6.33 Å². The largest absolute Gasteiger partial charge is 0.365 e. The van der Waals surface area contributed by atoms with Crippen LogP contribution in [0, 0.1) is 0 Å². The predicted molar refractivity (Wildman–Crippen MR) is 26.8 cm³/mol. The number of hydrogen-bond donors (Lipinski definition) is 0. The van der Waals surface area contributed by atoms with E-state index >= 15 is 0 Å². The van der Waals surface area contributed by atoms with E-state index in [1.807, 2.05) is 0 Å². The van der Waals surface area contributed by atoms with E-state index in [9.17, 15) is 0 Å². The summed E-state index contributed by atoms with van der Waals surface area (Å²) >= 11 is 0. The lowest BCUT2D eigenvalue weighted by Gasteiger charge is -1.91. The van der Waals surface area contributed by atoms with Crippen LogP contribution in [0.5, 0.6) is 0 Å². The fraction of sp³-hybridized carbons (Fsp3) is 0. The van der Waals surface area contributed by atoms with Crippen LogP contribution in [0.15, 0.2) is 25.5 Å². The number of rotatable bonds is 2. The minimum Gasteiger partial charge on any atom is -0.365 e. The van der Waals surface area contributed by atoms with E-state index in [1.165, 1.54) is 23.8 Å². The first kappa shape index (κ1) is 4.83. The molecule has 8 heavy (non-hydrogen) atoms. The Labute approximate surface area is 46.4 Å². The summed E-state index contributed by atoms with van der Waals surface area (Å²) in [6, 6.07) is 0. The van der Waals surface area contributed by atoms with E-state index in [2.05, 4.69) is 21.5 Å². The van der Waals surface area contributed by atoms with Crippen LogP contribution in [0.2, 0.25) is 0 Å². The molecule has 0 amide bonds. The maximum Gasteiger partial charge on any atom is 0.155 e. The molecule has 4 heteroatoms. The summed E-state index contributed by atoms with van der Waals surface area (Å²) in [5.41, 5.74) is 0. The molecule has 0 aliphatic heterocycles. The Hall–Kier alpha value is -1.32. The van der Waals surface area contributed by atoms with Crippen molar-refractivity contribution >= 4 is 0 Å². The molecular weight excluding hydrogens is 106 g/mol. The van der Waals surface area contributed by atoms with E-state index < -0.39 is 0 Å². The molecule has 1 rings (SSSR count). The molecule has 0 aliphatic carbocycles. The normalized spacial score (nSPS) is 8.50. The van der Waals surface area contributed by atoms with Crippen molar-refractivity contribution in [3.8, 4) is 0 Å². The Balaban J connectivity index is 2.62. The number of aromatic nitrogens is 3. The average molecular weight is 111 g/mol. The van der Waals surface area contributed by atoms with Gasteiger partial charge in [0.2, 0.25) is 0 Å². The van der Waals surface area contributed by atoms with Crippen LogP contribution < -0.4 is 4.84 Å². The molecule has 42 valence electrons. The quantitative estimate of drug-likeness (QED) is 0.498. The van der Waals surface area contributed by atoms with Gasteiger partial charge in [0.05, 0.1) is 0 Å². The van der Waals surface area contributed by atoms with E-state index in [-0.39, 0.29) is 0 Å². The van der Waals surface area contributed by atoms with Crippen LogP contribution in [0.1, 0.15) is 0 Å². The molecule has 0 unspecified atom stereocenters. The van der Waals surface area contributed by atoms with Crippen molar-refractivity contribution in [2.45, 2.75) is 0 Å². The maximum absolute atomic E-state index is 4.65. The standard InChI is InChI=1S/C4H5N3O/c1-2-8-7-4-5-3-6-7/h2-4H,1H2. The average Bonchev–Trinajstić information content (AvgIpc) is 2.19. The van der Waals surface area contributed by atoms with Gasteiger partial charge in [-0.05, 0) is 0 Å². The van der Waals surface area contributed by atoms with Gasteiger partial charge in [-0.15, -0.1) is 5.10 Å². The molecule has 1 heterocycles. The zero-order valence-corrected chi connectivity index (χ0v) is 4.19. The van der Waals surface area contributed by atoms with Gasteiger partial charge >= 0.3 is 0 Å². The number of nitrogens with zero attached hydrogens (tertiary/aromatic N) is 3. The van der Waals surface area contributed by atoms with Gasteiger partial charge < -0.3 is 4.84 Å². The van der Waals surface area contributed by atoms with Crippen molar-refractivity contribution in [1.29, 1.82) is 0 Å². The van der Waals surface area contributed by atoms with Crippen molar-refractivity contribution in [2.75, 3.05) is 0 Å². The van der Waals surface area contributed by atoms with Gasteiger partial charge in [-0.25, -0.2) is 4.98 Å². The molecule has 0 saturated heterocycles. The molecule has 0 saturated carbocycles. The molecule has 0 fully saturated rings. The van der Waals surface area contributed by atoms with Gasteiger partial charge in [-0.2, -0.15) is 0 Å². The van der Waals surface area contributed by atoms with Crippen LogP contribution in [0.25, 0.3) is 0 Å². The second kappa shape index (κ2) is 2.11. The third-order valence-electron chi connectivity index (χ3n) is 0.580. The Morgan fingerprint density at radius 3 is 3.12 bits per heavy atom. The summed E-state index contributed by atoms with van der Waals surface area (Å²) < 4.78 is 0. The molecule has 0 N–H and O–H groups in total. The monoisotopic (exact) mass is 111 g/mol. The summed E-state index contributed by atoms with van der Waals surface area (Å²) in [7, 11) is 0. The third-order valence-corrected chi connectivity index (χ3v) is 0.580. The topological polar surface area (TPSA) is 39.9 Å². The molecule has 0 bridgehead atoms. The van der Waals surface area contributed by atoms with Gasteiger partial charge in [0.25, 0.3) is 0 Å². The van der Waals surface area contributed by atoms with E-state index in [0.29, 0.717) is 0 Å². The SMILES string of the molecule is C=COn1cncn1. The minimum atomic E-state index is 1.20. The minimum absolute atomic E-state index is 1.20. The molecule has 1 aromatic heterocycles. The highest BCUT2D eigenvalue weighted by Crippen LogP contribution is 1.71. The molecular formula is C4H5N3O. The van der Waals surface area contributed by atoms with Gasteiger partial charge in [0, 0.05) is 0 Å². The van der Waals surface area contributed by atoms with Gasteiger partial charge in [-0.1, -0.05) is 11.4 Å². The Bertz CT molecular complexity index is 158. The van der Waals surface area contributed by atoms with Crippen molar-refractivity contribution in [1.82, 2.24) is 14.9 Å². The van der Waals surface area contributed by atoms with Crippen molar-refractivity contribution < 1.29 is 4.84 Å². The molecule has 4 nitrogen and oxygen atoms in total. The first-order chi connectivity index (χ1) is 3.93. The zero-order chi connectivity index (χ0) is 5.82. The van der Waals surface area contributed by atoms with Crippen LogP contribution in [-0.4, -0.2) is 14.9 Å². The fourth-order valence-electron chi connectivity index (χ4n) is 0.328. The summed E-state index contributed by atoms with van der Waals surface area (Å²) in [6.45, 7) is 3.32. The van der Waals surface area contributed by atoms with E-state index in [4.69, 9.17) is 0 Å². The number of hydrogen-bond acceptors (Lipinski definition) is 3. The third kappa shape index (κ3) is 0.841. The van der Waals surface area contributed by atoms with Crippen LogP contribution in [0.3, 0.4) is 0 Å². The van der Waals surface area contributed by atoms with Crippen LogP contribution in [0.4, 0.5) is 0 Å². The lowest BCUT2D eigenvalue weighted by atomic mass is 11.2. The van der Waals surface area contributed by atoms with Crippen LogP contribution in [-0.2, 0) is 0 Å². The van der Waals surface area contributed by atoms with Crippen molar-refractivity contribution in [3.05, 3.63) is 25.5 Å². The smallest absolute Gasteiger partial charge is 0.155 e. The van der Waals surface area contributed by atoms with Gasteiger partial charge in [-0.3, -0.25) is 0 Å². The lowest BCUT2D eigenvalue weighted by molar-refractivity contribution is 0.176. The highest BCUT2D eigenvalue weighted by atomic mass is 16.7. The Morgan fingerprint density at radius 1 is 1.75 bits per heavy atom. The van der Waals surface area contributed by atoms with Gasteiger partial charge in [0.1, 0.15) is 12.6 Å². The maximum atomic E-state index is 4.65. The molecule has 0 atom stereocenters. The van der Waals surface area contributed by atoms with E-state index in [0.717, 1.165) is 0 Å². The second-order valence-electron chi connectivity index (χ2n) is 1.07. The molecule has 0 aliphatic rings. The fourth-order valence-corrected chi connectivity index (χ4v) is 0.328.